The summed E-state index contributed by atoms with van der Waals surface area (Å²) in [6.07, 6.45) is 0. The molecule has 2 aliphatic rings. The summed E-state index contributed by atoms with van der Waals surface area (Å²) in [7, 11) is 0. The van der Waals surface area contributed by atoms with Gasteiger partial charge >= 0.3 is 11.9 Å². The zero-order valence-corrected chi connectivity index (χ0v) is 9.05. The first-order chi connectivity index (χ1) is 7.61. The first kappa shape index (κ1) is 9.39. The van der Waals surface area contributed by atoms with Crippen LogP contribution in [0.5, 0.6) is 0 Å². The summed E-state index contributed by atoms with van der Waals surface area (Å²) in [5, 5.41) is 0. The third-order valence-electron chi connectivity index (χ3n) is 3.36. The number of fused-ring (bicyclic) bond motifs is 2. The van der Waals surface area contributed by atoms with Crippen LogP contribution in [0.1, 0.15) is 43.0 Å². The highest BCUT2D eigenvalue weighted by Gasteiger charge is 2.35. The van der Waals surface area contributed by atoms with Crippen LogP contribution >= 0.6 is 0 Å². The summed E-state index contributed by atoms with van der Waals surface area (Å²) in [5.74, 6) is -0.670. The molecule has 1 aromatic carbocycles. The van der Waals surface area contributed by atoms with Crippen LogP contribution in [0.15, 0.2) is 0 Å². The number of hydrogen-bond acceptors (Lipinski definition) is 4. The minimum atomic E-state index is -0.335. The van der Waals surface area contributed by atoms with Crippen LogP contribution in [-0.4, -0.2) is 11.9 Å². The number of hydrogen-bond donors (Lipinski definition) is 0. The Labute approximate surface area is 92.2 Å². The lowest BCUT2D eigenvalue weighted by Gasteiger charge is -2.09. The van der Waals surface area contributed by atoms with Crippen molar-refractivity contribution in [1.29, 1.82) is 0 Å². The average molecular weight is 218 g/mol. The smallest absolute Gasteiger partial charge is 0.339 e. The number of esters is 2. The van der Waals surface area contributed by atoms with E-state index in [0.717, 1.165) is 16.7 Å². The molecule has 0 aromatic heterocycles. The van der Waals surface area contributed by atoms with E-state index in [1.165, 1.54) is 0 Å². The molecule has 16 heavy (non-hydrogen) atoms. The molecular weight excluding hydrogens is 208 g/mol. The van der Waals surface area contributed by atoms with E-state index in [2.05, 4.69) is 0 Å². The van der Waals surface area contributed by atoms with Crippen molar-refractivity contribution >= 4 is 11.9 Å². The second-order valence-electron chi connectivity index (χ2n) is 4.11. The van der Waals surface area contributed by atoms with Gasteiger partial charge in [-0.15, -0.1) is 0 Å². The Morgan fingerprint density at radius 3 is 1.69 bits per heavy atom. The fourth-order valence-electron chi connectivity index (χ4n) is 2.47. The van der Waals surface area contributed by atoms with Gasteiger partial charge in [0.2, 0.25) is 0 Å². The molecule has 0 spiro atoms. The normalized spacial score (nSPS) is 16.9. The molecule has 4 heteroatoms. The highest BCUT2D eigenvalue weighted by molar-refractivity contribution is 6.03. The van der Waals surface area contributed by atoms with E-state index in [1.54, 1.807) is 6.92 Å². The molecule has 0 atom stereocenters. The number of cyclic esters (lactones) is 2. The van der Waals surface area contributed by atoms with E-state index >= 15 is 0 Å². The fourth-order valence-corrected chi connectivity index (χ4v) is 2.47. The second-order valence-corrected chi connectivity index (χ2v) is 4.11. The molecule has 0 amide bonds. The first-order valence-electron chi connectivity index (χ1n) is 5.10. The van der Waals surface area contributed by atoms with E-state index in [-0.39, 0.29) is 11.9 Å². The van der Waals surface area contributed by atoms with Gasteiger partial charge in [0, 0.05) is 11.1 Å². The third-order valence-corrected chi connectivity index (χ3v) is 3.36. The van der Waals surface area contributed by atoms with E-state index < -0.39 is 0 Å². The van der Waals surface area contributed by atoms with Gasteiger partial charge in [0.05, 0.1) is 11.1 Å². The van der Waals surface area contributed by atoms with Crippen LogP contribution < -0.4 is 0 Å². The van der Waals surface area contributed by atoms with E-state index in [0.29, 0.717) is 29.9 Å². The Morgan fingerprint density at radius 1 is 0.812 bits per heavy atom. The van der Waals surface area contributed by atoms with Gasteiger partial charge in [0.15, 0.2) is 0 Å². The number of benzene rings is 1. The highest BCUT2D eigenvalue weighted by atomic mass is 16.5. The van der Waals surface area contributed by atoms with Crippen LogP contribution in [0.25, 0.3) is 0 Å². The molecule has 0 saturated heterocycles. The number of carbonyl (C=O) groups is 2. The summed E-state index contributed by atoms with van der Waals surface area (Å²) in [6, 6.07) is 0. The Balaban J connectivity index is 2.41. The van der Waals surface area contributed by atoms with Crippen LogP contribution in [-0.2, 0) is 22.7 Å². The maximum absolute atomic E-state index is 11.6. The van der Waals surface area contributed by atoms with Gasteiger partial charge in [-0.25, -0.2) is 9.59 Å². The van der Waals surface area contributed by atoms with Crippen molar-refractivity contribution in [3.8, 4) is 0 Å². The largest absolute Gasteiger partial charge is 0.457 e. The fraction of sp³-hybridized carbons (Fsp3) is 0.333. The SMILES string of the molecule is Cc1c2c(c(C)c3c1COC3=O)C(=O)OC2. The molecule has 0 radical (unpaired) electrons. The lowest BCUT2D eigenvalue weighted by Crippen LogP contribution is -2.06. The van der Waals surface area contributed by atoms with Crippen molar-refractivity contribution in [2.75, 3.05) is 0 Å². The van der Waals surface area contributed by atoms with Gasteiger partial charge in [0.25, 0.3) is 0 Å². The molecule has 2 aliphatic heterocycles. The van der Waals surface area contributed by atoms with Gasteiger partial charge in [-0.1, -0.05) is 0 Å². The average Bonchev–Trinajstić information content (AvgIpc) is 2.80. The summed E-state index contributed by atoms with van der Waals surface area (Å²) < 4.78 is 10.0. The summed E-state index contributed by atoms with van der Waals surface area (Å²) in [4.78, 5) is 23.1. The quantitative estimate of drug-likeness (QED) is 0.621. The van der Waals surface area contributed by atoms with Gasteiger partial charge < -0.3 is 9.47 Å². The van der Waals surface area contributed by atoms with E-state index in [9.17, 15) is 9.59 Å². The predicted molar refractivity (Wildman–Crippen MR) is 54.2 cm³/mol. The molecule has 2 heterocycles. The molecule has 3 rings (SSSR count). The maximum Gasteiger partial charge on any atom is 0.339 e. The van der Waals surface area contributed by atoms with E-state index in [1.807, 2.05) is 6.92 Å². The lowest BCUT2D eigenvalue weighted by molar-refractivity contribution is 0.0533. The van der Waals surface area contributed by atoms with Crippen LogP contribution in [0.3, 0.4) is 0 Å². The molecular formula is C12H10O4. The Hall–Kier alpha value is -1.84. The standard InChI is InChI=1S/C12H10O4/c1-5-7-3-15-11(13)9(7)6(2)10-8(5)4-16-12(10)14/h3-4H2,1-2H3. The summed E-state index contributed by atoms with van der Waals surface area (Å²) >= 11 is 0. The highest BCUT2D eigenvalue weighted by Crippen LogP contribution is 2.35. The molecule has 0 fully saturated rings. The minimum absolute atomic E-state index is 0.308. The first-order valence-corrected chi connectivity index (χ1v) is 5.10. The van der Waals surface area contributed by atoms with Gasteiger partial charge in [-0.3, -0.25) is 0 Å². The molecule has 0 aliphatic carbocycles. The lowest BCUT2D eigenvalue weighted by atomic mass is 9.90. The van der Waals surface area contributed by atoms with Crippen molar-refractivity contribution < 1.29 is 19.1 Å². The zero-order valence-electron chi connectivity index (χ0n) is 9.05. The number of ether oxygens (including phenoxy) is 2. The number of rotatable bonds is 0. The van der Waals surface area contributed by atoms with Gasteiger partial charge in [0.1, 0.15) is 13.2 Å². The zero-order chi connectivity index (χ0) is 11.4. The number of carbonyl (C=O) groups excluding carboxylic acids is 2. The molecule has 82 valence electrons. The topological polar surface area (TPSA) is 52.6 Å². The van der Waals surface area contributed by atoms with Crippen LogP contribution in [0.2, 0.25) is 0 Å². The molecule has 1 aromatic rings. The second kappa shape index (κ2) is 2.84. The third kappa shape index (κ3) is 0.939. The van der Waals surface area contributed by atoms with Crippen molar-refractivity contribution in [1.82, 2.24) is 0 Å². The van der Waals surface area contributed by atoms with Gasteiger partial charge in [-0.05, 0) is 25.0 Å². The van der Waals surface area contributed by atoms with Crippen LogP contribution in [0.4, 0.5) is 0 Å². The molecule has 0 unspecified atom stereocenters. The minimum Gasteiger partial charge on any atom is -0.457 e. The Kier molecular flexibility index (Phi) is 1.67. The molecule has 4 nitrogen and oxygen atoms in total. The molecule has 0 saturated carbocycles. The van der Waals surface area contributed by atoms with Crippen molar-refractivity contribution in [3.63, 3.8) is 0 Å². The van der Waals surface area contributed by atoms with Gasteiger partial charge in [-0.2, -0.15) is 0 Å². The Bertz CT molecular complexity index is 497. The summed E-state index contributed by atoms with van der Waals surface area (Å²) in [6.45, 7) is 4.29. The maximum atomic E-state index is 11.6. The van der Waals surface area contributed by atoms with E-state index in [4.69, 9.17) is 9.47 Å². The molecule has 0 bridgehead atoms. The Morgan fingerprint density at radius 2 is 1.25 bits per heavy atom. The van der Waals surface area contributed by atoms with Crippen molar-refractivity contribution in [2.45, 2.75) is 27.1 Å². The monoisotopic (exact) mass is 218 g/mol. The van der Waals surface area contributed by atoms with Crippen LogP contribution in [0, 0.1) is 13.8 Å². The predicted octanol–water partition coefficient (Wildman–Crippen LogP) is 1.64. The summed E-state index contributed by atoms with van der Waals surface area (Å²) in [5.41, 5.74) is 4.55. The van der Waals surface area contributed by atoms with Crippen molar-refractivity contribution in [2.24, 2.45) is 0 Å². The van der Waals surface area contributed by atoms with Crippen molar-refractivity contribution in [3.05, 3.63) is 33.4 Å². The molecule has 0 N–H and O–H groups in total.